The van der Waals surface area contributed by atoms with E-state index in [4.69, 9.17) is 16.3 Å². The molecular weight excluding hydrogens is 444 g/mol. The van der Waals surface area contributed by atoms with E-state index in [0.29, 0.717) is 30.3 Å². The van der Waals surface area contributed by atoms with Crippen LogP contribution in [0.15, 0.2) is 66.0 Å². The van der Waals surface area contributed by atoms with E-state index in [1.165, 1.54) is 10.4 Å². The van der Waals surface area contributed by atoms with E-state index in [1.807, 2.05) is 23.1 Å². The molecule has 32 heavy (non-hydrogen) atoms. The van der Waals surface area contributed by atoms with Crippen molar-refractivity contribution in [3.05, 3.63) is 92.6 Å². The van der Waals surface area contributed by atoms with Crippen LogP contribution in [-0.2, 0) is 16.0 Å². The number of fused-ring (bicyclic) bond motifs is 1. The van der Waals surface area contributed by atoms with Crippen molar-refractivity contribution in [3.63, 3.8) is 0 Å². The SMILES string of the molecule is COCCN(CC(=O)N1CCc2sccc2C1c1ccccc1)C(=O)c1cccc(Cl)c1. The smallest absolute Gasteiger partial charge is 0.254 e. The third kappa shape index (κ3) is 4.88. The molecule has 0 saturated heterocycles. The number of hydrogen-bond acceptors (Lipinski definition) is 4. The maximum Gasteiger partial charge on any atom is 0.254 e. The number of hydrogen-bond donors (Lipinski definition) is 0. The molecule has 1 aliphatic rings. The summed E-state index contributed by atoms with van der Waals surface area (Å²) in [5.74, 6) is -0.315. The molecule has 7 heteroatoms. The van der Waals surface area contributed by atoms with Crippen LogP contribution < -0.4 is 0 Å². The highest BCUT2D eigenvalue weighted by atomic mass is 35.5. The fourth-order valence-electron chi connectivity index (χ4n) is 4.09. The first-order valence-electron chi connectivity index (χ1n) is 10.5. The molecule has 1 atom stereocenters. The van der Waals surface area contributed by atoms with Crippen molar-refractivity contribution in [2.75, 3.05) is 33.4 Å². The second-order valence-electron chi connectivity index (χ2n) is 7.68. The first kappa shape index (κ1) is 22.5. The standard InChI is InChI=1S/C25H25ClN2O3S/c1-31-14-13-27(25(30)19-8-5-9-20(26)16-19)17-23(29)28-12-10-22-21(11-15-32-22)24(28)18-6-3-2-4-7-18/h2-9,11,15-16,24H,10,12-14,17H2,1H3. The van der Waals surface area contributed by atoms with Gasteiger partial charge < -0.3 is 14.5 Å². The van der Waals surface area contributed by atoms with Gasteiger partial charge in [-0.3, -0.25) is 9.59 Å². The molecule has 5 nitrogen and oxygen atoms in total. The van der Waals surface area contributed by atoms with Crippen molar-refractivity contribution in [1.82, 2.24) is 9.80 Å². The molecule has 1 aromatic heterocycles. The highest BCUT2D eigenvalue weighted by Gasteiger charge is 2.34. The monoisotopic (exact) mass is 468 g/mol. The molecule has 0 spiro atoms. The lowest BCUT2D eigenvalue weighted by Gasteiger charge is -2.37. The largest absolute Gasteiger partial charge is 0.383 e. The quantitative estimate of drug-likeness (QED) is 0.506. The highest BCUT2D eigenvalue weighted by molar-refractivity contribution is 7.10. The van der Waals surface area contributed by atoms with Gasteiger partial charge in [-0.15, -0.1) is 11.3 Å². The summed E-state index contributed by atoms with van der Waals surface area (Å²) in [4.78, 5) is 31.5. The van der Waals surface area contributed by atoms with Crippen molar-refractivity contribution in [2.24, 2.45) is 0 Å². The fourth-order valence-corrected chi connectivity index (χ4v) is 5.19. The summed E-state index contributed by atoms with van der Waals surface area (Å²) < 4.78 is 5.19. The summed E-state index contributed by atoms with van der Waals surface area (Å²) in [5, 5.41) is 2.57. The molecule has 0 aliphatic carbocycles. The van der Waals surface area contributed by atoms with Crippen molar-refractivity contribution in [2.45, 2.75) is 12.5 Å². The first-order valence-corrected chi connectivity index (χ1v) is 11.8. The van der Waals surface area contributed by atoms with Crippen LogP contribution in [0.1, 0.15) is 32.4 Å². The number of thiophene rings is 1. The second kappa shape index (κ2) is 10.3. The molecular formula is C25H25ClN2O3S. The van der Waals surface area contributed by atoms with Crippen LogP contribution in [0.3, 0.4) is 0 Å². The average molecular weight is 469 g/mol. The van der Waals surface area contributed by atoms with Gasteiger partial charge in [0.05, 0.1) is 12.6 Å². The van der Waals surface area contributed by atoms with Crippen LogP contribution in [0.25, 0.3) is 0 Å². The van der Waals surface area contributed by atoms with Crippen LogP contribution in [0.4, 0.5) is 0 Å². The minimum absolute atomic E-state index is 0.0164. The summed E-state index contributed by atoms with van der Waals surface area (Å²) in [7, 11) is 1.58. The number of rotatable bonds is 7. The Morgan fingerprint density at radius 3 is 2.72 bits per heavy atom. The Kier molecular flexibility index (Phi) is 7.25. The second-order valence-corrected chi connectivity index (χ2v) is 9.12. The van der Waals surface area contributed by atoms with Crippen molar-refractivity contribution < 1.29 is 14.3 Å². The van der Waals surface area contributed by atoms with Gasteiger partial charge in [0.15, 0.2) is 0 Å². The average Bonchev–Trinajstić information content (AvgIpc) is 3.30. The lowest BCUT2D eigenvalue weighted by atomic mass is 9.93. The summed E-state index contributed by atoms with van der Waals surface area (Å²) in [6.07, 6.45) is 0.822. The number of halogens is 1. The number of methoxy groups -OCH3 is 1. The van der Waals surface area contributed by atoms with Gasteiger partial charge in [-0.05, 0) is 47.2 Å². The van der Waals surface area contributed by atoms with E-state index in [1.54, 1.807) is 47.6 Å². The number of amides is 2. The zero-order valence-electron chi connectivity index (χ0n) is 17.9. The fraction of sp³-hybridized carbons (Fsp3) is 0.280. The van der Waals surface area contributed by atoms with Crippen molar-refractivity contribution in [1.29, 1.82) is 0 Å². The van der Waals surface area contributed by atoms with E-state index in [0.717, 1.165) is 12.0 Å². The van der Waals surface area contributed by atoms with Crippen LogP contribution in [0, 0.1) is 0 Å². The van der Waals surface area contributed by atoms with Gasteiger partial charge in [0.25, 0.3) is 5.91 Å². The number of benzene rings is 2. The Bertz CT molecular complexity index is 1090. The molecule has 0 N–H and O–H groups in total. The Morgan fingerprint density at radius 1 is 1.16 bits per heavy atom. The predicted octanol–water partition coefficient (Wildman–Crippen LogP) is 4.66. The van der Waals surface area contributed by atoms with Crippen LogP contribution in [-0.4, -0.2) is 55.0 Å². The molecule has 166 valence electrons. The van der Waals surface area contributed by atoms with Gasteiger partial charge >= 0.3 is 0 Å². The topological polar surface area (TPSA) is 49.9 Å². The molecule has 2 amide bonds. The minimum Gasteiger partial charge on any atom is -0.383 e. The molecule has 2 heterocycles. The Hall–Kier alpha value is -2.67. The van der Waals surface area contributed by atoms with E-state index in [-0.39, 0.29) is 24.4 Å². The van der Waals surface area contributed by atoms with Gasteiger partial charge in [0.2, 0.25) is 5.91 Å². The molecule has 1 aliphatic heterocycles. The molecule has 1 unspecified atom stereocenters. The maximum atomic E-state index is 13.6. The maximum absolute atomic E-state index is 13.6. The minimum atomic E-state index is -0.234. The van der Waals surface area contributed by atoms with E-state index >= 15 is 0 Å². The predicted molar refractivity (Wildman–Crippen MR) is 127 cm³/mol. The molecule has 4 rings (SSSR count). The van der Waals surface area contributed by atoms with E-state index < -0.39 is 0 Å². The molecule has 2 aromatic carbocycles. The summed E-state index contributed by atoms with van der Waals surface area (Å²) in [5.41, 5.74) is 2.70. The van der Waals surface area contributed by atoms with Gasteiger partial charge in [-0.2, -0.15) is 0 Å². The molecule has 0 fully saturated rings. The summed E-state index contributed by atoms with van der Waals surface area (Å²) >= 11 is 7.81. The number of carbonyl (C=O) groups is 2. The lowest BCUT2D eigenvalue weighted by molar-refractivity contribution is -0.134. The molecule has 0 bridgehead atoms. The molecule has 0 radical (unpaired) electrons. The lowest BCUT2D eigenvalue weighted by Crippen LogP contribution is -2.47. The Morgan fingerprint density at radius 2 is 1.97 bits per heavy atom. The van der Waals surface area contributed by atoms with Crippen molar-refractivity contribution in [3.8, 4) is 0 Å². The zero-order valence-corrected chi connectivity index (χ0v) is 19.4. The summed E-state index contributed by atoms with van der Waals surface area (Å²) in [6.45, 7) is 1.27. The first-order chi connectivity index (χ1) is 15.6. The number of nitrogens with zero attached hydrogens (tertiary/aromatic N) is 2. The van der Waals surface area contributed by atoms with Crippen LogP contribution in [0.2, 0.25) is 5.02 Å². The van der Waals surface area contributed by atoms with Gasteiger partial charge in [0.1, 0.15) is 6.54 Å². The Balaban J connectivity index is 1.60. The molecule has 3 aromatic rings. The Labute approximate surface area is 197 Å². The van der Waals surface area contributed by atoms with Crippen molar-refractivity contribution >= 4 is 34.8 Å². The van der Waals surface area contributed by atoms with Crippen LogP contribution >= 0.6 is 22.9 Å². The third-order valence-electron chi connectivity index (χ3n) is 5.65. The van der Waals surface area contributed by atoms with E-state index in [9.17, 15) is 9.59 Å². The normalized spacial score (nSPS) is 15.3. The van der Waals surface area contributed by atoms with Crippen LogP contribution in [0.5, 0.6) is 0 Å². The number of carbonyl (C=O) groups excluding carboxylic acids is 2. The van der Waals surface area contributed by atoms with Gasteiger partial charge in [0, 0.05) is 35.7 Å². The number of ether oxygens (including phenoxy) is 1. The van der Waals surface area contributed by atoms with Gasteiger partial charge in [-0.1, -0.05) is 48.0 Å². The molecule has 0 saturated carbocycles. The highest BCUT2D eigenvalue weighted by Crippen LogP contribution is 2.37. The van der Waals surface area contributed by atoms with E-state index in [2.05, 4.69) is 23.6 Å². The zero-order chi connectivity index (χ0) is 22.5. The summed E-state index contributed by atoms with van der Waals surface area (Å²) in [6, 6.07) is 18.8. The van der Waals surface area contributed by atoms with Gasteiger partial charge in [-0.25, -0.2) is 0 Å². The third-order valence-corrected chi connectivity index (χ3v) is 6.88.